The van der Waals surface area contributed by atoms with E-state index in [9.17, 15) is 0 Å². The fraction of sp³-hybridized carbons (Fsp3) is 0.600. The van der Waals surface area contributed by atoms with Gasteiger partial charge >= 0.3 is 0 Å². The van der Waals surface area contributed by atoms with Crippen molar-refractivity contribution in [2.45, 2.75) is 44.6 Å². The summed E-state index contributed by atoms with van der Waals surface area (Å²) in [6, 6.07) is 9.14. The van der Waals surface area contributed by atoms with Gasteiger partial charge in [0.25, 0.3) is 0 Å². The molecule has 1 N–H and O–H groups in total. The molecular formula is C15H23NO. The first kappa shape index (κ1) is 12.4. The summed E-state index contributed by atoms with van der Waals surface area (Å²) in [6.45, 7) is 5.68. The number of hydrogen-bond donors (Lipinski definition) is 1. The van der Waals surface area contributed by atoms with Crippen molar-refractivity contribution in [2.75, 3.05) is 13.7 Å². The molecule has 0 heterocycles. The highest BCUT2D eigenvalue weighted by molar-refractivity contribution is 5.38. The van der Waals surface area contributed by atoms with Crippen LogP contribution in [0.5, 0.6) is 5.75 Å². The Morgan fingerprint density at radius 3 is 2.65 bits per heavy atom. The van der Waals surface area contributed by atoms with Crippen LogP contribution in [0.3, 0.4) is 0 Å². The average Bonchev–Trinajstić information content (AvgIpc) is 3.13. The van der Waals surface area contributed by atoms with E-state index in [0.717, 1.165) is 24.8 Å². The van der Waals surface area contributed by atoms with Crippen LogP contribution < -0.4 is 10.1 Å². The second kappa shape index (κ2) is 5.09. The van der Waals surface area contributed by atoms with Crippen LogP contribution in [0.2, 0.25) is 0 Å². The van der Waals surface area contributed by atoms with Crippen molar-refractivity contribution in [3.63, 3.8) is 0 Å². The molecule has 1 saturated carbocycles. The molecule has 94 valence electrons. The molecule has 1 fully saturated rings. The second-order valence-electron chi connectivity index (χ2n) is 5.56. The smallest absolute Gasteiger partial charge is 0.122 e. The molecule has 0 unspecified atom stereocenters. The van der Waals surface area contributed by atoms with E-state index < -0.39 is 0 Å². The van der Waals surface area contributed by atoms with Gasteiger partial charge in [-0.2, -0.15) is 0 Å². The molecule has 0 saturated heterocycles. The van der Waals surface area contributed by atoms with E-state index in [1.165, 1.54) is 18.4 Å². The molecule has 0 bridgehead atoms. The van der Waals surface area contributed by atoms with E-state index in [1.807, 2.05) is 12.1 Å². The van der Waals surface area contributed by atoms with Gasteiger partial charge < -0.3 is 10.1 Å². The largest absolute Gasteiger partial charge is 0.496 e. The summed E-state index contributed by atoms with van der Waals surface area (Å²) in [5, 5.41) is 3.58. The Morgan fingerprint density at radius 2 is 2.00 bits per heavy atom. The molecule has 2 rings (SSSR count). The van der Waals surface area contributed by atoms with Crippen LogP contribution in [0.15, 0.2) is 24.3 Å². The highest BCUT2D eigenvalue weighted by Gasteiger charge is 2.25. The van der Waals surface area contributed by atoms with E-state index in [1.54, 1.807) is 7.11 Å². The number of rotatable bonds is 6. The molecule has 1 aliphatic rings. The standard InChI is InChI=1S/C15H23NO/c1-15(2,10-11-16-12-8-9-12)13-6-4-5-7-14(13)17-3/h4-7,12,16H,8-11H2,1-3H3. The number of methoxy groups -OCH3 is 1. The van der Waals surface area contributed by atoms with E-state index in [-0.39, 0.29) is 5.41 Å². The van der Waals surface area contributed by atoms with Crippen molar-refractivity contribution < 1.29 is 4.74 Å². The van der Waals surface area contributed by atoms with Gasteiger partial charge in [-0.1, -0.05) is 32.0 Å². The zero-order chi connectivity index (χ0) is 12.3. The van der Waals surface area contributed by atoms with Gasteiger partial charge in [-0.15, -0.1) is 0 Å². The molecule has 0 aromatic heterocycles. The molecule has 1 aliphatic carbocycles. The molecular weight excluding hydrogens is 210 g/mol. The highest BCUT2D eigenvalue weighted by Crippen LogP contribution is 2.34. The third kappa shape index (κ3) is 3.22. The summed E-state index contributed by atoms with van der Waals surface area (Å²) in [7, 11) is 1.75. The van der Waals surface area contributed by atoms with E-state index in [4.69, 9.17) is 4.74 Å². The van der Waals surface area contributed by atoms with Crippen LogP contribution in [-0.2, 0) is 5.41 Å². The SMILES string of the molecule is COc1ccccc1C(C)(C)CCNC1CC1. The van der Waals surface area contributed by atoms with Gasteiger partial charge in [0.05, 0.1) is 7.11 Å². The molecule has 2 heteroatoms. The van der Waals surface area contributed by atoms with E-state index >= 15 is 0 Å². The lowest BCUT2D eigenvalue weighted by molar-refractivity contribution is 0.382. The summed E-state index contributed by atoms with van der Waals surface area (Å²) in [6.07, 6.45) is 3.86. The normalized spacial score (nSPS) is 15.9. The van der Waals surface area contributed by atoms with Crippen molar-refractivity contribution in [1.29, 1.82) is 0 Å². The molecule has 0 atom stereocenters. The first-order chi connectivity index (χ1) is 8.13. The lowest BCUT2D eigenvalue weighted by Crippen LogP contribution is -2.27. The van der Waals surface area contributed by atoms with Crippen molar-refractivity contribution in [3.8, 4) is 5.75 Å². The Balaban J connectivity index is 2.00. The Hall–Kier alpha value is -1.02. The highest BCUT2D eigenvalue weighted by atomic mass is 16.5. The molecule has 0 spiro atoms. The zero-order valence-corrected chi connectivity index (χ0v) is 11.1. The summed E-state index contributed by atoms with van der Waals surface area (Å²) in [5.74, 6) is 1.00. The third-order valence-electron chi connectivity index (χ3n) is 3.60. The summed E-state index contributed by atoms with van der Waals surface area (Å²) < 4.78 is 5.45. The Bertz CT molecular complexity index is 369. The molecule has 1 aromatic rings. The summed E-state index contributed by atoms with van der Waals surface area (Å²) >= 11 is 0. The Labute approximate surface area is 104 Å². The molecule has 17 heavy (non-hydrogen) atoms. The number of ether oxygens (including phenoxy) is 1. The maximum atomic E-state index is 5.45. The molecule has 0 amide bonds. The minimum absolute atomic E-state index is 0.161. The van der Waals surface area contributed by atoms with Gasteiger partial charge in [-0.05, 0) is 42.9 Å². The summed E-state index contributed by atoms with van der Waals surface area (Å²) in [5.41, 5.74) is 1.47. The fourth-order valence-electron chi connectivity index (χ4n) is 2.21. The van der Waals surface area contributed by atoms with Crippen LogP contribution in [0, 0.1) is 0 Å². The Morgan fingerprint density at radius 1 is 1.29 bits per heavy atom. The maximum absolute atomic E-state index is 5.45. The van der Waals surface area contributed by atoms with Gasteiger partial charge in [0.15, 0.2) is 0 Å². The minimum Gasteiger partial charge on any atom is -0.496 e. The van der Waals surface area contributed by atoms with Crippen molar-refractivity contribution >= 4 is 0 Å². The second-order valence-corrected chi connectivity index (χ2v) is 5.56. The molecule has 0 radical (unpaired) electrons. The van der Waals surface area contributed by atoms with Crippen LogP contribution in [0.4, 0.5) is 0 Å². The number of benzene rings is 1. The Kier molecular flexibility index (Phi) is 3.72. The average molecular weight is 233 g/mol. The first-order valence-electron chi connectivity index (χ1n) is 6.50. The lowest BCUT2D eigenvalue weighted by Gasteiger charge is -2.27. The van der Waals surface area contributed by atoms with Crippen LogP contribution in [0.1, 0.15) is 38.7 Å². The number of nitrogens with one attached hydrogen (secondary N) is 1. The van der Waals surface area contributed by atoms with Gasteiger partial charge in [0, 0.05) is 6.04 Å². The monoisotopic (exact) mass is 233 g/mol. The maximum Gasteiger partial charge on any atom is 0.122 e. The van der Waals surface area contributed by atoms with Crippen molar-refractivity contribution in [3.05, 3.63) is 29.8 Å². The molecule has 2 nitrogen and oxygen atoms in total. The molecule has 1 aromatic carbocycles. The van der Waals surface area contributed by atoms with Gasteiger partial charge in [0.2, 0.25) is 0 Å². The summed E-state index contributed by atoms with van der Waals surface area (Å²) in [4.78, 5) is 0. The topological polar surface area (TPSA) is 21.3 Å². The third-order valence-corrected chi connectivity index (χ3v) is 3.60. The fourth-order valence-corrected chi connectivity index (χ4v) is 2.21. The van der Waals surface area contributed by atoms with E-state index in [0.29, 0.717) is 0 Å². The van der Waals surface area contributed by atoms with Crippen LogP contribution in [0.25, 0.3) is 0 Å². The van der Waals surface area contributed by atoms with Gasteiger partial charge in [-0.25, -0.2) is 0 Å². The van der Waals surface area contributed by atoms with Gasteiger partial charge in [-0.3, -0.25) is 0 Å². The van der Waals surface area contributed by atoms with E-state index in [2.05, 4.69) is 31.3 Å². The zero-order valence-electron chi connectivity index (χ0n) is 11.1. The van der Waals surface area contributed by atoms with Crippen molar-refractivity contribution in [1.82, 2.24) is 5.32 Å². The predicted octanol–water partition coefficient (Wildman–Crippen LogP) is 3.11. The number of para-hydroxylation sites is 1. The molecule has 0 aliphatic heterocycles. The van der Waals surface area contributed by atoms with Gasteiger partial charge in [0.1, 0.15) is 5.75 Å². The lowest BCUT2D eigenvalue weighted by atomic mass is 9.81. The van der Waals surface area contributed by atoms with Crippen LogP contribution >= 0.6 is 0 Å². The van der Waals surface area contributed by atoms with Crippen molar-refractivity contribution in [2.24, 2.45) is 0 Å². The number of hydrogen-bond acceptors (Lipinski definition) is 2. The van der Waals surface area contributed by atoms with Crippen LogP contribution in [-0.4, -0.2) is 19.7 Å². The predicted molar refractivity (Wildman–Crippen MR) is 71.7 cm³/mol. The quantitative estimate of drug-likeness (QED) is 0.815. The first-order valence-corrected chi connectivity index (χ1v) is 6.50. The minimum atomic E-state index is 0.161.